The zero-order valence-corrected chi connectivity index (χ0v) is 11.0. The van der Waals surface area contributed by atoms with Crippen LogP contribution in [0.2, 0.25) is 10.0 Å². The molecule has 0 saturated carbocycles. The van der Waals surface area contributed by atoms with Crippen LogP contribution in [-0.2, 0) is 25.4 Å². The number of hydrogen-bond acceptors (Lipinski definition) is 0. The van der Waals surface area contributed by atoms with E-state index in [1.165, 1.54) is 0 Å². The predicted octanol–water partition coefficient (Wildman–Crippen LogP) is 3.73. The first-order valence-electron chi connectivity index (χ1n) is 2.74. The van der Waals surface area contributed by atoms with Gasteiger partial charge in [0.25, 0.3) is 0 Å². The van der Waals surface area contributed by atoms with Crippen LogP contribution < -0.4 is 0 Å². The first-order valence-corrected chi connectivity index (χ1v) is 4.03. The third kappa shape index (κ3) is 2.91. The SMILES string of the molecule is ClCc1c(Cl)cccc1Cl.[Zn]. The van der Waals surface area contributed by atoms with E-state index in [1.54, 1.807) is 18.2 Å². The molecule has 4 heteroatoms. The summed E-state index contributed by atoms with van der Waals surface area (Å²) in [6.07, 6.45) is 0. The monoisotopic (exact) mass is 258 g/mol. The van der Waals surface area contributed by atoms with Crippen LogP contribution in [0.1, 0.15) is 5.56 Å². The van der Waals surface area contributed by atoms with E-state index in [0.29, 0.717) is 15.9 Å². The van der Waals surface area contributed by atoms with Crippen LogP contribution >= 0.6 is 34.8 Å². The van der Waals surface area contributed by atoms with Gasteiger partial charge in [0.1, 0.15) is 0 Å². The average molecular weight is 261 g/mol. The molecule has 0 unspecified atom stereocenters. The molecule has 0 amide bonds. The maximum Gasteiger partial charge on any atom is 0.0503 e. The second-order valence-corrected chi connectivity index (χ2v) is 2.92. The molecule has 0 aliphatic rings. The Labute approximate surface area is 93.6 Å². The van der Waals surface area contributed by atoms with Crippen LogP contribution in [0, 0.1) is 0 Å². The number of rotatable bonds is 1. The summed E-state index contributed by atoms with van der Waals surface area (Å²) in [7, 11) is 0. The summed E-state index contributed by atoms with van der Waals surface area (Å²) in [5.41, 5.74) is 0.799. The van der Waals surface area contributed by atoms with Crippen molar-refractivity contribution < 1.29 is 19.5 Å². The van der Waals surface area contributed by atoms with E-state index >= 15 is 0 Å². The van der Waals surface area contributed by atoms with Crippen molar-refractivity contribution in [2.75, 3.05) is 0 Å². The van der Waals surface area contributed by atoms with E-state index < -0.39 is 0 Å². The van der Waals surface area contributed by atoms with Crippen LogP contribution in [-0.4, -0.2) is 0 Å². The quantitative estimate of drug-likeness (QED) is 0.533. The normalized spacial score (nSPS) is 9.00. The van der Waals surface area contributed by atoms with Crippen molar-refractivity contribution in [2.45, 2.75) is 5.88 Å². The number of benzene rings is 1. The van der Waals surface area contributed by atoms with Gasteiger partial charge in [0.05, 0.1) is 5.88 Å². The minimum Gasteiger partial charge on any atom is -0.121 e. The van der Waals surface area contributed by atoms with E-state index in [2.05, 4.69) is 0 Å². The molecule has 0 aliphatic heterocycles. The summed E-state index contributed by atoms with van der Waals surface area (Å²) in [5.74, 6) is 0.360. The van der Waals surface area contributed by atoms with Crippen molar-refractivity contribution in [1.82, 2.24) is 0 Å². The third-order valence-electron chi connectivity index (χ3n) is 1.20. The minimum absolute atomic E-state index is 0. The van der Waals surface area contributed by atoms with E-state index in [4.69, 9.17) is 34.8 Å². The molecule has 0 radical (unpaired) electrons. The van der Waals surface area contributed by atoms with E-state index in [-0.39, 0.29) is 19.5 Å². The van der Waals surface area contributed by atoms with E-state index in [1.807, 2.05) is 0 Å². The number of hydrogen-bond donors (Lipinski definition) is 0. The molecule has 1 aromatic carbocycles. The van der Waals surface area contributed by atoms with Gasteiger partial charge in [0, 0.05) is 35.1 Å². The maximum atomic E-state index is 5.76. The van der Waals surface area contributed by atoms with Gasteiger partial charge in [-0.05, 0) is 12.1 Å². The Morgan fingerprint density at radius 1 is 1.09 bits per heavy atom. The van der Waals surface area contributed by atoms with Gasteiger partial charge in [0.15, 0.2) is 0 Å². The predicted molar refractivity (Wildman–Crippen MR) is 46.0 cm³/mol. The molecule has 0 saturated heterocycles. The molecule has 0 bridgehead atoms. The van der Waals surface area contributed by atoms with Gasteiger partial charge in [0.2, 0.25) is 0 Å². The third-order valence-corrected chi connectivity index (χ3v) is 2.17. The Morgan fingerprint density at radius 3 is 1.82 bits per heavy atom. The smallest absolute Gasteiger partial charge is 0.0503 e. The molecule has 0 spiro atoms. The molecule has 0 aliphatic carbocycles. The van der Waals surface area contributed by atoms with Gasteiger partial charge < -0.3 is 0 Å². The van der Waals surface area contributed by atoms with Crippen molar-refractivity contribution in [3.8, 4) is 0 Å². The molecule has 1 rings (SSSR count). The topological polar surface area (TPSA) is 0 Å². The first-order chi connectivity index (χ1) is 4.75. The van der Waals surface area contributed by atoms with Crippen LogP contribution in [0.25, 0.3) is 0 Å². The van der Waals surface area contributed by atoms with Crippen molar-refractivity contribution >= 4 is 34.8 Å². The van der Waals surface area contributed by atoms with Crippen molar-refractivity contribution in [3.63, 3.8) is 0 Å². The summed E-state index contributed by atoms with van der Waals surface area (Å²) < 4.78 is 0. The largest absolute Gasteiger partial charge is 0.121 e. The Hall–Kier alpha value is 0.713. The molecule has 11 heavy (non-hydrogen) atoms. The molecule has 56 valence electrons. The van der Waals surface area contributed by atoms with Crippen LogP contribution in [0.3, 0.4) is 0 Å². The van der Waals surface area contributed by atoms with Gasteiger partial charge in [-0.2, -0.15) is 0 Å². The summed E-state index contributed by atoms with van der Waals surface area (Å²) in [5, 5.41) is 1.25. The fourth-order valence-electron chi connectivity index (χ4n) is 0.660. The summed E-state index contributed by atoms with van der Waals surface area (Å²) >= 11 is 17.1. The van der Waals surface area contributed by atoms with Crippen molar-refractivity contribution in [3.05, 3.63) is 33.8 Å². The van der Waals surface area contributed by atoms with Crippen molar-refractivity contribution in [1.29, 1.82) is 0 Å². The fraction of sp³-hybridized carbons (Fsp3) is 0.143. The second-order valence-electron chi connectivity index (χ2n) is 1.83. The van der Waals surface area contributed by atoms with Crippen LogP contribution in [0.4, 0.5) is 0 Å². The van der Waals surface area contributed by atoms with Gasteiger partial charge in [-0.25, -0.2) is 0 Å². The number of alkyl halides is 1. The van der Waals surface area contributed by atoms with Crippen molar-refractivity contribution in [2.24, 2.45) is 0 Å². The molecule has 0 heterocycles. The first kappa shape index (κ1) is 11.7. The standard InChI is InChI=1S/C7H5Cl3.Zn/c8-4-5-6(9)2-1-3-7(5)10;/h1-3H,4H2;. The molecular weight excluding hydrogens is 256 g/mol. The molecule has 0 atom stereocenters. The molecule has 0 N–H and O–H groups in total. The van der Waals surface area contributed by atoms with Gasteiger partial charge >= 0.3 is 0 Å². The van der Waals surface area contributed by atoms with Crippen LogP contribution in [0.15, 0.2) is 18.2 Å². The summed E-state index contributed by atoms with van der Waals surface area (Å²) in [6.45, 7) is 0. The van der Waals surface area contributed by atoms with Gasteiger partial charge in [-0.1, -0.05) is 29.3 Å². The zero-order chi connectivity index (χ0) is 7.56. The zero-order valence-electron chi connectivity index (χ0n) is 5.78. The van der Waals surface area contributed by atoms with Gasteiger partial charge in [-0.3, -0.25) is 0 Å². The molecule has 1 aromatic rings. The molecule has 0 aromatic heterocycles. The van der Waals surface area contributed by atoms with Gasteiger partial charge in [-0.15, -0.1) is 11.6 Å². The Morgan fingerprint density at radius 2 is 1.55 bits per heavy atom. The summed E-state index contributed by atoms with van der Waals surface area (Å²) in [6, 6.07) is 5.33. The minimum atomic E-state index is 0. The molecular formula is C7H5Cl3Zn. The Kier molecular flexibility index (Phi) is 5.72. The van der Waals surface area contributed by atoms with Crippen LogP contribution in [0.5, 0.6) is 0 Å². The Bertz CT molecular complexity index is 217. The number of halogens is 3. The fourth-order valence-corrected chi connectivity index (χ4v) is 1.62. The molecule has 0 nitrogen and oxygen atoms in total. The Balaban J connectivity index is 0.000001000. The van der Waals surface area contributed by atoms with E-state index in [9.17, 15) is 0 Å². The van der Waals surface area contributed by atoms with E-state index in [0.717, 1.165) is 5.56 Å². The maximum absolute atomic E-state index is 5.76. The summed E-state index contributed by atoms with van der Waals surface area (Å²) in [4.78, 5) is 0. The second kappa shape index (κ2) is 5.37. The molecule has 0 fully saturated rings. The average Bonchev–Trinajstić information content (AvgIpc) is 1.88.